The summed E-state index contributed by atoms with van der Waals surface area (Å²) in [6, 6.07) is 16.6. The van der Waals surface area contributed by atoms with Gasteiger partial charge in [0, 0.05) is 13.0 Å². The zero-order valence-corrected chi connectivity index (χ0v) is 23.5. The molecule has 0 aliphatic carbocycles. The molecule has 2 aromatic carbocycles. The maximum absolute atomic E-state index is 13.2. The third-order valence-electron chi connectivity index (χ3n) is 5.53. The van der Waals surface area contributed by atoms with Crippen LogP contribution in [0.25, 0.3) is 0 Å². The lowest BCUT2D eigenvalue weighted by molar-refractivity contribution is -0.128. The van der Waals surface area contributed by atoms with Crippen molar-refractivity contribution in [2.24, 2.45) is 0 Å². The summed E-state index contributed by atoms with van der Waals surface area (Å²) in [7, 11) is 0. The smallest absolute Gasteiger partial charge is 0.408 e. The fourth-order valence-corrected chi connectivity index (χ4v) is 3.81. The van der Waals surface area contributed by atoms with Gasteiger partial charge in [0.1, 0.15) is 18.2 Å². The molecule has 0 aromatic heterocycles. The lowest BCUT2D eigenvalue weighted by atomic mass is 10.0. The van der Waals surface area contributed by atoms with E-state index in [4.69, 9.17) is 21.1 Å². The number of hydrogen-bond acceptors (Lipinski definition) is 6. The maximum Gasteiger partial charge on any atom is 0.408 e. The van der Waals surface area contributed by atoms with E-state index in [-0.39, 0.29) is 24.7 Å². The molecular formula is C29H38ClN3O6. The first-order valence-electron chi connectivity index (χ1n) is 12.9. The largest absolute Gasteiger partial charge is 0.445 e. The van der Waals surface area contributed by atoms with E-state index in [9.17, 15) is 19.2 Å². The van der Waals surface area contributed by atoms with Crippen molar-refractivity contribution < 1.29 is 28.7 Å². The predicted molar refractivity (Wildman–Crippen MR) is 149 cm³/mol. The molecule has 2 aromatic rings. The fraction of sp³-hybridized carbons (Fsp3) is 0.448. The van der Waals surface area contributed by atoms with Crippen molar-refractivity contribution in [3.05, 3.63) is 71.8 Å². The highest BCUT2D eigenvalue weighted by Gasteiger charge is 2.27. The number of nitrogens with one attached hydrogen (secondary N) is 3. The van der Waals surface area contributed by atoms with Gasteiger partial charge in [0.05, 0.1) is 11.9 Å². The summed E-state index contributed by atoms with van der Waals surface area (Å²) in [6.45, 7) is 5.74. The van der Waals surface area contributed by atoms with E-state index in [2.05, 4.69) is 16.0 Å². The Balaban J connectivity index is 1.96. The summed E-state index contributed by atoms with van der Waals surface area (Å²) in [4.78, 5) is 50.1. The number of carbonyl (C=O) groups excluding carboxylic acids is 4. The van der Waals surface area contributed by atoms with Crippen molar-refractivity contribution in [1.29, 1.82) is 0 Å². The number of benzene rings is 2. The molecule has 0 fully saturated rings. The number of hydrogen-bond donors (Lipinski definition) is 3. The number of alkyl halides is 1. The van der Waals surface area contributed by atoms with Crippen LogP contribution in [0.5, 0.6) is 0 Å². The number of rotatable bonds is 14. The van der Waals surface area contributed by atoms with Crippen molar-refractivity contribution in [1.82, 2.24) is 16.0 Å². The van der Waals surface area contributed by atoms with Crippen LogP contribution in [0.2, 0.25) is 0 Å². The van der Waals surface area contributed by atoms with Crippen molar-refractivity contribution in [3.8, 4) is 0 Å². The van der Waals surface area contributed by atoms with E-state index in [0.717, 1.165) is 11.1 Å². The summed E-state index contributed by atoms with van der Waals surface area (Å²) in [6.07, 6.45) is 0.373. The highest BCUT2D eigenvalue weighted by Crippen LogP contribution is 2.09. The molecule has 2 atom stereocenters. The molecule has 3 N–H and O–H groups in total. The van der Waals surface area contributed by atoms with Gasteiger partial charge in [0.15, 0.2) is 5.78 Å². The van der Waals surface area contributed by atoms with Crippen LogP contribution in [0.15, 0.2) is 60.7 Å². The second-order valence-electron chi connectivity index (χ2n) is 10.0. The van der Waals surface area contributed by atoms with E-state index < -0.39 is 35.8 Å². The van der Waals surface area contributed by atoms with E-state index in [1.165, 1.54) is 0 Å². The van der Waals surface area contributed by atoms with Gasteiger partial charge in [-0.2, -0.15) is 0 Å². The van der Waals surface area contributed by atoms with E-state index in [1.807, 2.05) is 60.7 Å². The first-order chi connectivity index (χ1) is 18.6. The summed E-state index contributed by atoms with van der Waals surface area (Å²) >= 11 is 5.80. The van der Waals surface area contributed by atoms with Gasteiger partial charge in [-0.15, -0.1) is 11.6 Å². The average Bonchev–Trinajstić information content (AvgIpc) is 2.90. The zero-order valence-electron chi connectivity index (χ0n) is 22.7. The Hall–Kier alpha value is -3.59. The molecule has 0 spiro atoms. The Morgan fingerprint density at radius 1 is 0.821 bits per heavy atom. The molecule has 9 nitrogen and oxygen atoms in total. The average molecular weight is 560 g/mol. The first kappa shape index (κ1) is 31.6. The summed E-state index contributed by atoms with van der Waals surface area (Å²) in [5, 5.41) is 8.04. The molecule has 2 rings (SSSR count). The fourth-order valence-electron chi connectivity index (χ4n) is 3.62. The minimum atomic E-state index is -0.977. The van der Waals surface area contributed by atoms with Gasteiger partial charge in [-0.3, -0.25) is 9.59 Å². The van der Waals surface area contributed by atoms with Gasteiger partial charge in [-0.05, 0) is 51.2 Å². The Labute approximate surface area is 235 Å². The van der Waals surface area contributed by atoms with Gasteiger partial charge >= 0.3 is 12.2 Å². The number of unbranched alkanes of at least 4 members (excludes halogenated alkanes) is 1. The van der Waals surface area contributed by atoms with Crippen molar-refractivity contribution in [3.63, 3.8) is 0 Å². The van der Waals surface area contributed by atoms with Crippen molar-refractivity contribution in [2.75, 3.05) is 12.4 Å². The number of amides is 3. The van der Waals surface area contributed by atoms with Crippen LogP contribution < -0.4 is 16.0 Å². The summed E-state index contributed by atoms with van der Waals surface area (Å²) in [5.74, 6) is -1.13. The molecule has 0 radical (unpaired) electrons. The third-order valence-corrected chi connectivity index (χ3v) is 5.79. The Bertz CT molecular complexity index is 1060. The molecule has 3 amide bonds. The molecule has 39 heavy (non-hydrogen) atoms. The number of ether oxygens (including phenoxy) is 2. The molecule has 0 bridgehead atoms. The van der Waals surface area contributed by atoms with Crippen LogP contribution >= 0.6 is 11.6 Å². The van der Waals surface area contributed by atoms with E-state index in [1.54, 1.807) is 20.8 Å². The Morgan fingerprint density at radius 2 is 1.44 bits per heavy atom. The van der Waals surface area contributed by atoms with E-state index in [0.29, 0.717) is 25.8 Å². The minimum absolute atomic E-state index is 0.0526. The topological polar surface area (TPSA) is 123 Å². The highest BCUT2D eigenvalue weighted by atomic mass is 35.5. The maximum atomic E-state index is 13.2. The number of carbonyl (C=O) groups is 4. The molecule has 10 heteroatoms. The minimum Gasteiger partial charge on any atom is -0.445 e. The van der Waals surface area contributed by atoms with Gasteiger partial charge in [0.2, 0.25) is 5.91 Å². The number of halogens is 1. The number of ketones is 1. The Morgan fingerprint density at radius 3 is 2.03 bits per heavy atom. The van der Waals surface area contributed by atoms with Gasteiger partial charge < -0.3 is 25.4 Å². The van der Waals surface area contributed by atoms with Crippen LogP contribution in [0, 0.1) is 0 Å². The third kappa shape index (κ3) is 13.2. The number of alkyl carbamates (subject to hydrolysis) is 2. The van der Waals surface area contributed by atoms with Gasteiger partial charge in [-0.1, -0.05) is 60.7 Å². The van der Waals surface area contributed by atoms with Gasteiger partial charge in [-0.25, -0.2) is 9.59 Å². The lowest BCUT2D eigenvalue weighted by Gasteiger charge is -2.23. The van der Waals surface area contributed by atoms with Crippen molar-refractivity contribution >= 4 is 35.5 Å². The molecule has 212 valence electrons. The van der Waals surface area contributed by atoms with Crippen LogP contribution in [0.3, 0.4) is 0 Å². The zero-order chi connectivity index (χ0) is 28.7. The molecule has 0 saturated heterocycles. The molecular weight excluding hydrogens is 522 g/mol. The normalized spacial score (nSPS) is 12.5. The van der Waals surface area contributed by atoms with Crippen LogP contribution in [-0.4, -0.2) is 54.0 Å². The monoisotopic (exact) mass is 559 g/mol. The van der Waals surface area contributed by atoms with Crippen LogP contribution in [0.4, 0.5) is 9.59 Å². The van der Waals surface area contributed by atoms with E-state index >= 15 is 0 Å². The molecule has 0 aliphatic rings. The predicted octanol–water partition coefficient (Wildman–Crippen LogP) is 4.51. The summed E-state index contributed by atoms with van der Waals surface area (Å²) in [5.41, 5.74) is 1.05. The highest BCUT2D eigenvalue weighted by molar-refractivity contribution is 6.28. The molecule has 0 saturated carbocycles. The Kier molecular flexibility index (Phi) is 13.3. The second kappa shape index (κ2) is 16.4. The first-order valence-corrected chi connectivity index (χ1v) is 13.5. The SMILES string of the molecule is CC(C)(C)OC(=O)NCCCC[C@H](NC(=O)C(Cc1ccccc1)NC(=O)OCc1ccccc1)C(=O)CCl. The number of Topliss-reactive ketones (excluding diaryl/α,β-unsaturated/α-hetero) is 1. The van der Waals surface area contributed by atoms with Crippen LogP contribution in [-0.2, 0) is 32.1 Å². The van der Waals surface area contributed by atoms with Crippen molar-refractivity contribution in [2.45, 2.75) is 70.7 Å². The van der Waals surface area contributed by atoms with Gasteiger partial charge in [0.25, 0.3) is 0 Å². The quantitative estimate of drug-likeness (QED) is 0.231. The molecule has 0 heterocycles. The lowest BCUT2D eigenvalue weighted by Crippen LogP contribution is -2.52. The summed E-state index contributed by atoms with van der Waals surface area (Å²) < 4.78 is 10.5. The van der Waals surface area contributed by atoms with Crippen LogP contribution in [0.1, 0.15) is 51.2 Å². The molecule has 1 unspecified atom stereocenters. The second-order valence-corrected chi connectivity index (χ2v) is 10.3. The standard InChI is InChI=1S/C29H38ClN3O6/c1-29(2,3)39-27(36)31-17-11-10-16-23(25(34)19-30)32-26(35)24(18-21-12-6-4-7-13-21)33-28(37)38-20-22-14-8-5-9-15-22/h4-9,12-15,23-24H,10-11,16-20H2,1-3H3,(H,31,36)(H,32,35)(H,33,37)/t23-,24?/m0/s1. The molecule has 0 aliphatic heterocycles.